The van der Waals surface area contributed by atoms with Crippen LogP contribution >= 0.6 is 0 Å². The third-order valence-corrected chi connectivity index (χ3v) is 4.02. The van der Waals surface area contributed by atoms with E-state index in [9.17, 15) is 18.0 Å². The van der Waals surface area contributed by atoms with Crippen LogP contribution in [0, 0.1) is 11.8 Å². The molecule has 5 heteroatoms. The van der Waals surface area contributed by atoms with Crippen LogP contribution < -0.4 is 0 Å². The lowest BCUT2D eigenvalue weighted by Gasteiger charge is -2.34. The summed E-state index contributed by atoms with van der Waals surface area (Å²) in [5, 5.41) is 0. The van der Waals surface area contributed by atoms with Gasteiger partial charge in [-0.3, -0.25) is 9.69 Å². The van der Waals surface area contributed by atoms with Gasteiger partial charge in [0.1, 0.15) is 5.78 Å². The molecule has 2 nitrogen and oxygen atoms in total. The minimum absolute atomic E-state index is 0.137. The van der Waals surface area contributed by atoms with Crippen LogP contribution in [-0.2, 0) is 4.79 Å². The van der Waals surface area contributed by atoms with Crippen LogP contribution in [0.25, 0.3) is 0 Å². The number of carbonyl (C=O) groups is 1. The topological polar surface area (TPSA) is 20.3 Å². The van der Waals surface area contributed by atoms with Gasteiger partial charge in [0.25, 0.3) is 0 Å². The van der Waals surface area contributed by atoms with E-state index >= 15 is 0 Å². The van der Waals surface area contributed by atoms with Crippen molar-refractivity contribution in [2.75, 3.05) is 13.1 Å². The van der Waals surface area contributed by atoms with Crippen LogP contribution in [0.15, 0.2) is 0 Å². The Balaban J connectivity index is 2.64. The second kappa shape index (κ2) is 6.73. The summed E-state index contributed by atoms with van der Waals surface area (Å²) in [6.07, 6.45) is -1.03. The number of hydrogen-bond donors (Lipinski definition) is 0. The summed E-state index contributed by atoms with van der Waals surface area (Å²) < 4.78 is 37.6. The van der Waals surface area contributed by atoms with Crippen LogP contribution in [0.2, 0.25) is 0 Å². The summed E-state index contributed by atoms with van der Waals surface area (Å²) in [4.78, 5) is 13.2. The molecule has 0 aromatic rings. The first-order valence-electron chi connectivity index (χ1n) is 7.06. The van der Waals surface area contributed by atoms with Crippen LogP contribution in [0.3, 0.4) is 0 Å². The van der Waals surface area contributed by atoms with E-state index in [0.29, 0.717) is 12.3 Å². The predicted octanol–water partition coefficient (Wildman–Crippen LogP) is 3.65. The molecule has 0 amide bonds. The van der Waals surface area contributed by atoms with Gasteiger partial charge in [0.2, 0.25) is 0 Å². The lowest BCUT2D eigenvalue weighted by Crippen LogP contribution is -2.44. The molecule has 0 bridgehead atoms. The molecule has 1 aliphatic carbocycles. The first-order chi connectivity index (χ1) is 8.73. The van der Waals surface area contributed by atoms with Gasteiger partial charge in [0.15, 0.2) is 0 Å². The number of Topliss-reactive ketones (excluding diaryl/α,β-unsaturated/α-hetero) is 1. The van der Waals surface area contributed by atoms with Crippen molar-refractivity contribution in [1.29, 1.82) is 0 Å². The van der Waals surface area contributed by atoms with Crippen molar-refractivity contribution in [2.24, 2.45) is 11.8 Å². The molecular formula is C14H24F3NO. The summed E-state index contributed by atoms with van der Waals surface area (Å²) in [7, 11) is 0. The van der Waals surface area contributed by atoms with Crippen LogP contribution in [-0.4, -0.2) is 36.0 Å². The van der Waals surface area contributed by atoms with Gasteiger partial charge in [0.05, 0.1) is 6.54 Å². The molecule has 0 aromatic heterocycles. The molecular weight excluding hydrogens is 255 g/mol. The van der Waals surface area contributed by atoms with E-state index in [1.165, 1.54) is 4.90 Å². The SMILES string of the molecule is CCC1CCC(=O)C(CN(CC(F)(F)F)C(C)C)C1. The molecule has 112 valence electrons. The van der Waals surface area contributed by atoms with Gasteiger partial charge in [-0.25, -0.2) is 0 Å². The zero-order valence-electron chi connectivity index (χ0n) is 12.0. The van der Waals surface area contributed by atoms with E-state index in [1.54, 1.807) is 13.8 Å². The molecule has 0 aromatic carbocycles. The highest BCUT2D eigenvalue weighted by molar-refractivity contribution is 5.81. The molecule has 1 rings (SSSR count). The smallest absolute Gasteiger partial charge is 0.299 e. The van der Waals surface area contributed by atoms with Crippen molar-refractivity contribution in [3.63, 3.8) is 0 Å². The number of hydrogen-bond acceptors (Lipinski definition) is 2. The quantitative estimate of drug-likeness (QED) is 0.765. The second-order valence-electron chi connectivity index (χ2n) is 5.85. The van der Waals surface area contributed by atoms with Crippen LogP contribution in [0.1, 0.15) is 46.5 Å². The van der Waals surface area contributed by atoms with E-state index in [1.807, 2.05) is 0 Å². The fourth-order valence-corrected chi connectivity index (χ4v) is 2.72. The highest BCUT2D eigenvalue weighted by atomic mass is 19.4. The molecule has 19 heavy (non-hydrogen) atoms. The summed E-state index contributed by atoms with van der Waals surface area (Å²) in [5.41, 5.74) is 0. The molecule has 1 aliphatic rings. The first-order valence-corrected chi connectivity index (χ1v) is 7.06. The van der Waals surface area contributed by atoms with E-state index < -0.39 is 12.7 Å². The van der Waals surface area contributed by atoms with E-state index in [-0.39, 0.29) is 24.3 Å². The maximum atomic E-state index is 12.5. The third-order valence-electron chi connectivity index (χ3n) is 4.02. The summed E-state index contributed by atoms with van der Waals surface area (Å²) in [6, 6.07) is -0.198. The summed E-state index contributed by atoms with van der Waals surface area (Å²) in [6.45, 7) is 4.89. The van der Waals surface area contributed by atoms with Gasteiger partial charge in [-0.2, -0.15) is 13.2 Å². The van der Waals surface area contributed by atoms with Gasteiger partial charge >= 0.3 is 6.18 Å². The van der Waals surface area contributed by atoms with E-state index in [0.717, 1.165) is 19.3 Å². The average Bonchev–Trinajstić information content (AvgIpc) is 2.29. The number of rotatable bonds is 5. The van der Waals surface area contributed by atoms with Crippen LogP contribution in [0.4, 0.5) is 13.2 Å². The van der Waals surface area contributed by atoms with Gasteiger partial charge < -0.3 is 0 Å². The van der Waals surface area contributed by atoms with Gasteiger partial charge in [0, 0.05) is 24.9 Å². The van der Waals surface area contributed by atoms with E-state index in [2.05, 4.69) is 6.92 Å². The average molecular weight is 279 g/mol. The normalized spacial score (nSPS) is 25.4. The third kappa shape index (κ3) is 5.51. The Hall–Kier alpha value is -0.580. The van der Waals surface area contributed by atoms with Crippen molar-refractivity contribution < 1.29 is 18.0 Å². The zero-order valence-corrected chi connectivity index (χ0v) is 12.0. The molecule has 1 saturated carbocycles. The second-order valence-corrected chi connectivity index (χ2v) is 5.85. The van der Waals surface area contributed by atoms with Gasteiger partial charge in [-0.15, -0.1) is 0 Å². The molecule has 0 radical (unpaired) electrons. The largest absolute Gasteiger partial charge is 0.401 e. The Labute approximate surface area is 113 Å². The Bertz CT molecular complexity index is 302. The maximum Gasteiger partial charge on any atom is 0.401 e. The van der Waals surface area contributed by atoms with Crippen molar-refractivity contribution in [3.8, 4) is 0 Å². The minimum atomic E-state index is -4.20. The molecule has 0 heterocycles. The van der Waals surface area contributed by atoms with Crippen molar-refractivity contribution in [3.05, 3.63) is 0 Å². The monoisotopic (exact) mass is 279 g/mol. The van der Waals surface area contributed by atoms with Crippen LogP contribution in [0.5, 0.6) is 0 Å². The molecule has 2 unspecified atom stereocenters. The summed E-state index contributed by atoms with van der Waals surface area (Å²) >= 11 is 0. The Kier molecular flexibility index (Phi) is 5.83. The first kappa shape index (κ1) is 16.5. The van der Waals surface area contributed by atoms with Crippen molar-refractivity contribution in [2.45, 2.75) is 58.7 Å². The molecule has 0 saturated heterocycles. The lowest BCUT2D eigenvalue weighted by molar-refractivity contribution is -0.153. The highest BCUT2D eigenvalue weighted by Crippen LogP contribution is 2.30. The number of halogens is 3. The van der Waals surface area contributed by atoms with Gasteiger partial charge in [-0.1, -0.05) is 13.3 Å². The Morgan fingerprint density at radius 2 is 2.00 bits per heavy atom. The standard InChI is InChI=1S/C14H24F3NO/c1-4-11-5-6-13(19)12(7-11)8-18(10(2)3)9-14(15,16)17/h10-12H,4-9H2,1-3H3. The maximum absolute atomic E-state index is 12.5. The molecule has 2 atom stereocenters. The lowest BCUT2D eigenvalue weighted by atomic mass is 9.79. The summed E-state index contributed by atoms with van der Waals surface area (Å²) in [5.74, 6) is 0.406. The number of carbonyl (C=O) groups excluding carboxylic acids is 1. The Morgan fingerprint density at radius 3 is 2.47 bits per heavy atom. The molecule has 0 N–H and O–H groups in total. The number of alkyl halides is 3. The minimum Gasteiger partial charge on any atom is -0.299 e. The molecule has 1 fully saturated rings. The zero-order chi connectivity index (χ0) is 14.6. The molecule has 0 aliphatic heterocycles. The Morgan fingerprint density at radius 1 is 1.37 bits per heavy atom. The van der Waals surface area contributed by atoms with E-state index in [4.69, 9.17) is 0 Å². The fourth-order valence-electron chi connectivity index (χ4n) is 2.72. The number of nitrogens with zero attached hydrogens (tertiary/aromatic N) is 1. The number of ketones is 1. The molecule has 0 spiro atoms. The van der Waals surface area contributed by atoms with Crippen molar-refractivity contribution >= 4 is 5.78 Å². The highest BCUT2D eigenvalue weighted by Gasteiger charge is 2.35. The predicted molar refractivity (Wildman–Crippen MR) is 68.9 cm³/mol. The fraction of sp³-hybridized carbons (Fsp3) is 0.929. The van der Waals surface area contributed by atoms with Gasteiger partial charge in [-0.05, 0) is 32.6 Å². The van der Waals surface area contributed by atoms with Crippen molar-refractivity contribution in [1.82, 2.24) is 4.90 Å².